The Morgan fingerprint density at radius 2 is 2.12 bits per heavy atom. The largest absolute Gasteiger partial charge is 0.313 e. The molecule has 0 bridgehead atoms. The van der Waals surface area contributed by atoms with Crippen LogP contribution < -0.4 is 5.32 Å². The maximum atomic E-state index is 13.1. The first-order valence-corrected chi connectivity index (χ1v) is 9.61. The van der Waals surface area contributed by atoms with E-state index in [1.807, 2.05) is 25.1 Å². The van der Waals surface area contributed by atoms with E-state index < -0.39 is 10.0 Å². The summed E-state index contributed by atoms with van der Waals surface area (Å²) in [7, 11) is -3.57. The molecule has 8 heteroatoms. The molecule has 0 radical (unpaired) electrons. The molecule has 1 atom stereocenters. The van der Waals surface area contributed by atoms with Crippen molar-refractivity contribution in [1.29, 1.82) is 0 Å². The lowest BCUT2D eigenvalue weighted by molar-refractivity contribution is 0.271. The highest BCUT2D eigenvalue weighted by Crippen LogP contribution is 2.30. The summed E-state index contributed by atoms with van der Waals surface area (Å²) in [4.78, 5) is 4.44. The van der Waals surface area contributed by atoms with Gasteiger partial charge in [0, 0.05) is 36.5 Å². The number of piperazine rings is 1. The normalized spacial score (nSPS) is 18.8. The van der Waals surface area contributed by atoms with Gasteiger partial charge >= 0.3 is 0 Å². The van der Waals surface area contributed by atoms with Gasteiger partial charge in [-0.1, -0.05) is 22.0 Å². The number of hydrogen-bond donors (Lipinski definition) is 1. The average Bonchev–Trinajstić information content (AvgIpc) is 2.55. The van der Waals surface area contributed by atoms with Crippen molar-refractivity contribution >= 4 is 38.4 Å². The Morgan fingerprint density at radius 3 is 2.79 bits per heavy atom. The molecule has 1 aliphatic rings. The summed E-state index contributed by atoms with van der Waals surface area (Å²) in [6, 6.07) is 8.77. The Kier molecular flexibility index (Phi) is 6.39. The van der Waals surface area contributed by atoms with Gasteiger partial charge in [-0.15, -0.1) is 12.4 Å². The van der Waals surface area contributed by atoms with Crippen molar-refractivity contribution in [3.8, 4) is 0 Å². The lowest BCUT2D eigenvalue weighted by Gasteiger charge is -2.35. The van der Waals surface area contributed by atoms with Crippen LogP contribution in [0.1, 0.15) is 17.2 Å². The van der Waals surface area contributed by atoms with E-state index in [0.717, 1.165) is 15.6 Å². The number of rotatable bonds is 3. The molecule has 0 amide bonds. The van der Waals surface area contributed by atoms with E-state index in [0.29, 0.717) is 24.5 Å². The second kappa shape index (κ2) is 7.93. The van der Waals surface area contributed by atoms with E-state index >= 15 is 0 Å². The zero-order valence-electron chi connectivity index (χ0n) is 13.1. The van der Waals surface area contributed by atoms with Crippen molar-refractivity contribution in [3.05, 3.63) is 58.3 Å². The minimum absolute atomic E-state index is 0. The molecule has 2 heterocycles. The van der Waals surface area contributed by atoms with E-state index in [4.69, 9.17) is 0 Å². The molecule has 1 aliphatic heterocycles. The SMILES string of the molecule is Cc1cc(Br)cc(S(=O)(=O)N2CCNCC2c2cccnc2)c1.Cl. The molecule has 0 spiro atoms. The minimum atomic E-state index is -3.57. The molecule has 1 aromatic heterocycles. The number of nitrogens with zero attached hydrogens (tertiary/aromatic N) is 2. The maximum Gasteiger partial charge on any atom is 0.243 e. The quantitative estimate of drug-likeness (QED) is 0.810. The molecule has 0 aliphatic carbocycles. The molecular weight excluding hydrogens is 414 g/mol. The lowest BCUT2D eigenvalue weighted by Crippen LogP contribution is -2.48. The van der Waals surface area contributed by atoms with E-state index in [2.05, 4.69) is 26.2 Å². The van der Waals surface area contributed by atoms with Gasteiger partial charge in [-0.25, -0.2) is 8.42 Å². The molecule has 24 heavy (non-hydrogen) atoms. The Hall–Kier alpha value is -0.990. The zero-order valence-corrected chi connectivity index (χ0v) is 16.4. The van der Waals surface area contributed by atoms with Crippen LogP contribution in [0.2, 0.25) is 0 Å². The number of hydrogen-bond acceptors (Lipinski definition) is 4. The molecule has 1 fully saturated rings. The van der Waals surface area contributed by atoms with Gasteiger partial charge in [0.05, 0.1) is 10.9 Å². The second-order valence-corrected chi connectivity index (χ2v) is 8.39. The first-order chi connectivity index (χ1) is 11.0. The molecule has 0 saturated carbocycles. The van der Waals surface area contributed by atoms with Gasteiger partial charge in [0.15, 0.2) is 0 Å². The van der Waals surface area contributed by atoms with E-state index in [1.54, 1.807) is 28.8 Å². The standard InChI is InChI=1S/C16H18BrN3O2S.ClH/c1-12-7-14(17)9-15(8-12)23(21,22)20-6-5-19-11-16(20)13-3-2-4-18-10-13;/h2-4,7-10,16,19H,5-6,11H2,1H3;1H. The number of nitrogens with one attached hydrogen (secondary N) is 1. The third-order valence-electron chi connectivity index (χ3n) is 3.89. The lowest BCUT2D eigenvalue weighted by atomic mass is 10.1. The second-order valence-electron chi connectivity index (χ2n) is 5.59. The summed E-state index contributed by atoms with van der Waals surface area (Å²) in [5, 5.41) is 3.27. The van der Waals surface area contributed by atoms with Crippen LogP contribution in [0.4, 0.5) is 0 Å². The number of benzene rings is 1. The Labute approximate surface area is 157 Å². The summed E-state index contributed by atoms with van der Waals surface area (Å²) >= 11 is 3.38. The van der Waals surface area contributed by atoms with Gasteiger partial charge in [0.2, 0.25) is 10.0 Å². The summed E-state index contributed by atoms with van der Waals surface area (Å²) in [6.45, 7) is 3.55. The van der Waals surface area contributed by atoms with Crippen LogP contribution in [0.3, 0.4) is 0 Å². The number of aryl methyl sites for hydroxylation is 1. The summed E-state index contributed by atoms with van der Waals surface area (Å²) < 4.78 is 28.6. The van der Waals surface area contributed by atoms with Crippen LogP contribution in [0.5, 0.6) is 0 Å². The molecule has 3 rings (SSSR count). The monoisotopic (exact) mass is 431 g/mol. The summed E-state index contributed by atoms with van der Waals surface area (Å²) in [6.07, 6.45) is 3.42. The van der Waals surface area contributed by atoms with E-state index in [-0.39, 0.29) is 18.4 Å². The van der Waals surface area contributed by atoms with Crippen LogP contribution in [-0.4, -0.2) is 37.3 Å². The average molecular weight is 433 g/mol. The van der Waals surface area contributed by atoms with Gasteiger partial charge < -0.3 is 5.32 Å². The molecule has 1 N–H and O–H groups in total. The number of aromatic nitrogens is 1. The summed E-state index contributed by atoms with van der Waals surface area (Å²) in [5.41, 5.74) is 1.81. The highest BCUT2D eigenvalue weighted by atomic mass is 79.9. The van der Waals surface area contributed by atoms with Gasteiger partial charge in [0.25, 0.3) is 0 Å². The highest BCUT2D eigenvalue weighted by molar-refractivity contribution is 9.10. The van der Waals surface area contributed by atoms with Crippen molar-refractivity contribution in [3.63, 3.8) is 0 Å². The predicted molar refractivity (Wildman–Crippen MR) is 99.9 cm³/mol. The molecule has 1 unspecified atom stereocenters. The fourth-order valence-corrected chi connectivity index (χ4v) is 5.32. The predicted octanol–water partition coefficient (Wildman–Crippen LogP) is 2.91. The maximum absolute atomic E-state index is 13.1. The third kappa shape index (κ3) is 3.97. The fourth-order valence-electron chi connectivity index (χ4n) is 2.82. The first-order valence-electron chi connectivity index (χ1n) is 7.38. The Morgan fingerprint density at radius 1 is 1.33 bits per heavy atom. The van der Waals surface area contributed by atoms with Crippen LogP contribution in [-0.2, 0) is 10.0 Å². The first kappa shape index (κ1) is 19.3. The van der Waals surface area contributed by atoms with Crippen molar-refractivity contribution in [2.75, 3.05) is 19.6 Å². The van der Waals surface area contributed by atoms with E-state index in [1.165, 1.54) is 0 Å². The Balaban J connectivity index is 0.00000208. The molecule has 2 aromatic rings. The van der Waals surface area contributed by atoms with Crippen LogP contribution in [0.25, 0.3) is 0 Å². The van der Waals surface area contributed by atoms with Crippen molar-refractivity contribution < 1.29 is 8.42 Å². The van der Waals surface area contributed by atoms with Crippen LogP contribution >= 0.6 is 28.3 Å². The minimum Gasteiger partial charge on any atom is -0.313 e. The topological polar surface area (TPSA) is 62.3 Å². The summed E-state index contributed by atoms with van der Waals surface area (Å²) in [5.74, 6) is 0. The van der Waals surface area contributed by atoms with E-state index in [9.17, 15) is 8.42 Å². The Bertz CT molecular complexity index is 782. The van der Waals surface area contributed by atoms with Gasteiger partial charge in [-0.3, -0.25) is 4.98 Å². The molecule has 5 nitrogen and oxygen atoms in total. The molecule has 130 valence electrons. The van der Waals surface area contributed by atoms with Crippen molar-refractivity contribution in [1.82, 2.24) is 14.6 Å². The molecular formula is C16H19BrClN3O2S. The van der Waals surface area contributed by atoms with Crippen molar-refractivity contribution in [2.45, 2.75) is 17.9 Å². The number of halogens is 2. The highest BCUT2D eigenvalue weighted by Gasteiger charge is 2.34. The number of sulfonamides is 1. The van der Waals surface area contributed by atoms with Crippen LogP contribution in [0, 0.1) is 6.92 Å². The zero-order chi connectivity index (χ0) is 16.4. The van der Waals surface area contributed by atoms with Gasteiger partial charge in [-0.2, -0.15) is 4.31 Å². The van der Waals surface area contributed by atoms with Crippen LogP contribution in [0.15, 0.2) is 52.1 Å². The molecule has 1 saturated heterocycles. The molecule has 1 aromatic carbocycles. The van der Waals surface area contributed by atoms with Gasteiger partial charge in [0.1, 0.15) is 0 Å². The third-order valence-corrected chi connectivity index (χ3v) is 6.23. The number of pyridine rings is 1. The van der Waals surface area contributed by atoms with Crippen molar-refractivity contribution in [2.24, 2.45) is 0 Å². The smallest absolute Gasteiger partial charge is 0.243 e. The van der Waals surface area contributed by atoms with Gasteiger partial charge in [-0.05, 0) is 42.3 Å². The fraction of sp³-hybridized carbons (Fsp3) is 0.312.